The lowest BCUT2D eigenvalue weighted by atomic mass is 10.1. The van der Waals surface area contributed by atoms with Crippen LogP contribution in [-0.4, -0.2) is 12.2 Å². The Balaban J connectivity index is 3.23. The number of nitrogens with two attached hydrogens (primary N) is 1. The van der Waals surface area contributed by atoms with Gasteiger partial charge in [0, 0.05) is 11.6 Å². The third-order valence-electron chi connectivity index (χ3n) is 1.88. The van der Waals surface area contributed by atoms with Gasteiger partial charge >= 0.3 is 6.18 Å². The Bertz CT molecular complexity index is 478. The number of primary amides is 1. The van der Waals surface area contributed by atoms with Gasteiger partial charge in [-0.25, -0.2) is 0 Å². The van der Waals surface area contributed by atoms with E-state index in [-0.39, 0.29) is 11.1 Å². The van der Waals surface area contributed by atoms with Crippen LogP contribution in [0.25, 0.3) is 6.08 Å². The van der Waals surface area contributed by atoms with Gasteiger partial charge in [-0.15, -0.1) is 0 Å². The first-order chi connectivity index (χ1) is 7.82. The smallest absolute Gasteiger partial charge is 0.366 e. The Morgan fingerprint density at radius 3 is 2.24 bits per heavy atom. The third kappa shape index (κ3) is 3.75. The Kier molecular flexibility index (Phi) is 3.67. The molecular weight excluding hydrogens is 235 g/mol. The molecule has 0 heterocycles. The van der Waals surface area contributed by atoms with Crippen molar-refractivity contribution in [1.29, 1.82) is 0 Å². The van der Waals surface area contributed by atoms with Crippen LogP contribution in [0.5, 0.6) is 0 Å². The van der Waals surface area contributed by atoms with Crippen LogP contribution in [0.4, 0.5) is 13.2 Å². The number of rotatable bonds is 3. The minimum atomic E-state index is -4.55. The van der Waals surface area contributed by atoms with Crippen molar-refractivity contribution in [2.75, 3.05) is 0 Å². The second kappa shape index (κ2) is 4.82. The van der Waals surface area contributed by atoms with Gasteiger partial charge < -0.3 is 5.73 Å². The van der Waals surface area contributed by atoms with Gasteiger partial charge in [0.25, 0.3) is 0 Å². The highest BCUT2D eigenvalue weighted by atomic mass is 19.4. The predicted octanol–water partition coefficient (Wildman–Crippen LogP) is 2.02. The van der Waals surface area contributed by atoms with E-state index in [1.807, 2.05) is 0 Å². The molecule has 0 aliphatic rings. The molecule has 0 saturated heterocycles. The van der Waals surface area contributed by atoms with Gasteiger partial charge in [-0.05, 0) is 29.8 Å². The highest BCUT2D eigenvalue weighted by Gasteiger charge is 2.30. The van der Waals surface area contributed by atoms with E-state index in [0.29, 0.717) is 6.29 Å². The SMILES string of the molecule is NC(=O)C=Cc1cc(C=O)cc(C(F)(F)F)c1. The maximum atomic E-state index is 12.5. The molecule has 2 N–H and O–H groups in total. The molecule has 0 aliphatic heterocycles. The van der Waals surface area contributed by atoms with Gasteiger partial charge in [-0.2, -0.15) is 13.2 Å². The first-order valence-corrected chi connectivity index (χ1v) is 4.48. The van der Waals surface area contributed by atoms with Crippen molar-refractivity contribution < 1.29 is 22.8 Å². The van der Waals surface area contributed by atoms with Crippen molar-refractivity contribution in [3.63, 3.8) is 0 Å². The summed E-state index contributed by atoms with van der Waals surface area (Å²) in [6.45, 7) is 0. The second-order valence-corrected chi connectivity index (χ2v) is 3.24. The average molecular weight is 243 g/mol. The van der Waals surface area contributed by atoms with Crippen LogP contribution in [0.3, 0.4) is 0 Å². The number of benzene rings is 1. The molecule has 0 atom stereocenters. The lowest BCUT2D eigenvalue weighted by molar-refractivity contribution is -0.137. The van der Waals surface area contributed by atoms with Gasteiger partial charge in [0.15, 0.2) is 0 Å². The third-order valence-corrected chi connectivity index (χ3v) is 1.88. The van der Waals surface area contributed by atoms with Crippen LogP contribution in [0.15, 0.2) is 24.3 Å². The van der Waals surface area contributed by atoms with E-state index in [9.17, 15) is 22.8 Å². The molecule has 0 bridgehead atoms. The lowest BCUT2D eigenvalue weighted by Gasteiger charge is -2.08. The Labute approximate surface area is 94.7 Å². The topological polar surface area (TPSA) is 60.2 Å². The fraction of sp³-hybridized carbons (Fsp3) is 0.0909. The summed E-state index contributed by atoms with van der Waals surface area (Å²) in [6.07, 6.45) is -2.21. The van der Waals surface area contributed by atoms with Gasteiger partial charge in [-0.3, -0.25) is 9.59 Å². The molecule has 1 rings (SSSR count). The Morgan fingerprint density at radius 2 is 1.76 bits per heavy atom. The molecule has 6 heteroatoms. The minimum absolute atomic E-state index is 0.0840. The normalized spacial score (nSPS) is 11.7. The van der Waals surface area contributed by atoms with Crippen LogP contribution in [-0.2, 0) is 11.0 Å². The standard InChI is InChI=1S/C11H8F3NO2/c12-11(13,14)9-4-7(1-2-10(15)17)3-8(5-9)6-16/h1-6H,(H2,15,17). The molecule has 17 heavy (non-hydrogen) atoms. The number of carbonyl (C=O) groups excluding carboxylic acids is 2. The quantitative estimate of drug-likeness (QED) is 0.652. The molecular formula is C11H8F3NO2. The van der Waals surface area contributed by atoms with Crippen molar-refractivity contribution in [3.8, 4) is 0 Å². The van der Waals surface area contributed by atoms with E-state index in [1.165, 1.54) is 6.07 Å². The summed E-state index contributed by atoms with van der Waals surface area (Å²) in [5, 5.41) is 0. The van der Waals surface area contributed by atoms with Crippen LogP contribution in [0, 0.1) is 0 Å². The summed E-state index contributed by atoms with van der Waals surface area (Å²) in [5.74, 6) is -0.782. The summed E-state index contributed by atoms with van der Waals surface area (Å²) in [5.41, 5.74) is 3.83. The van der Waals surface area contributed by atoms with Gasteiger partial charge in [-0.1, -0.05) is 0 Å². The van der Waals surface area contributed by atoms with Crippen LogP contribution in [0.2, 0.25) is 0 Å². The van der Waals surface area contributed by atoms with Gasteiger partial charge in [0.05, 0.1) is 5.56 Å². The highest BCUT2D eigenvalue weighted by Crippen LogP contribution is 2.30. The molecule has 0 saturated carbocycles. The number of hydrogen-bond acceptors (Lipinski definition) is 2. The highest BCUT2D eigenvalue weighted by molar-refractivity contribution is 5.90. The summed E-state index contributed by atoms with van der Waals surface area (Å²) in [4.78, 5) is 20.9. The molecule has 1 amide bonds. The van der Waals surface area contributed by atoms with E-state index >= 15 is 0 Å². The predicted molar refractivity (Wildman–Crippen MR) is 55.1 cm³/mol. The molecule has 1 aromatic rings. The maximum Gasteiger partial charge on any atom is 0.416 e. The van der Waals surface area contributed by atoms with Gasteiger partial charge in [0.1, 0.15) is 6.29 Å². The number of hydrogen-bond donors (Lipinski definition) is 1. The summed E-state index contributed by atoms with van der Waals surface area (Å²) >= 11 is 0. The van der Waals surface area contributed by atoms with Crippen LogP contribution >= 0.6 is 0 Å². The zero-order chi connectivity index (χ0) is 13.1. The molecule has 0 fully saturated rings. The minimum Gasteiger partial charge on any atom is -0.366 e. The molecule has 0 unspecified atom stereocenters. The number of halogens is 3. The molecule has 0 radical (unpaired) electrons. The average Bonchev–Trinajstić information content (AvgIpc) is 2.24. The monoisotopic (exact) mass is 243 g/mol. The fourth-order valence-corrected chi connectivity index (χ4v) is 1.18. The first-order valence-electron chi connectivity index (χ1n) is 4.48. The molecule has 0 spiro atoms. The number of carbonyl (C=O) groups is 2. The van der Waals surface area contributed by atoms with E-state index in [1.54, 1.807) is 0 Å². The number of amides is 1. The summed E-state index contributed by atoms with van der Waals surface area (Å²) in [6, 6.07) is 2.78. The Hall–Kier alpha value is -2.11. The van der Waals surface area contributed by atoms with Crippen molar-refractivity contribution in [2.24, 2.45) is 5.73 Å². The largest absolute Gasteiger partial charge is 0.416 e. The fourth-order valence-electron chi connectivity index (χ4n) is 1.18. The van der Waals surface area contributed by atoms with E-state index in [4.69, 9.17) is 5.73 Å². The van der Waals surface area contributed by atoms with E-state index in [0.717, 1.165) is 24.3 Å². The zero-order valence-corrected chi connectivity index (χ0v) is 8.49. The Morgan fingerprint density at radius 1 is 1.18 bits per heavy atom. The molecule has 1 aromatic carbocycles. The lowest BCUT2D eigenvalue weighted by Crippen LogP contribution is -2.07. The van der Waals surface area contributed by atoms with Crippen molar-refractivity contribution in [3.05, 3.63) is 41.0 Å². The van der Waals surface area contributed by atoms with Crippen molar-refractivity contribution in [2.45, 2.75) is 6.18 Å². The van der Waals surface area contributed by atoms with Gasteiger partial charge in [0.2, 0.25) is 5.91 Å². The summed E-state index contributed by atoms with van der Waals surface area (Å²) in [7, 11) is 0. The maximum absolute atomic E-state index is 12.5. The molecule has 3 nitrogen and oxygen atoms in total. The number of alkyl halides is 3. The zero-order valence-electron chi connectivity index (χ0n) is 8.49. The van der Waals surface area contributed by atoms with Crippen LogP contribution < -0.4 is 5.73 Å². The summed E-state index contributed by atoms with van der Waals surface area (Å²) < 4.78 is 37.4. The van der Waals surface area contributed by atoms with Crippen LogP contribution in [0.1, 0.15) is 21.5 Å². The first kappa shape index (κ1) is 13.0. The van der Waals surface area contributed by atoms with Crippen molar-refractivity contribution in [1.82, 2.24) is 0 Å². The van der Waals surface area contributed by atoms with E-state index < -0.39 is 17.6 Å². The molecule has 90 valence electrons. The van der Waals surface area contributed by atoms with Crippen molar-refractivity contribution >= 4 is 18.3 Å². The number of aldehydes is 1. The second-order valence-electron chi connectivity index (χ2n) is 3.24. The van der Waals surface area contributed by atoms with E-state index in [2.05, 4.69) is 0 Å². The molecule has 0 aromatic heterocycles. The molecule has 0 aliphatic carbocycles.